The van der Waals surface area contributed by atoms with Crippen LogP contribution in [0.3, 0.4) is 0 Å². The van der Waals surface area contributed by atoms with E-state index in [0.717, 1.165) is 65.4 Å². The Morgan fingerprint density at radius 3 is 2.73 bits per heavy atom. The van der Waals surface area contributed by atoms with Crippen LogP contribution in [0.5, 0.6) is 5.75 Å². The maximum Gasteiger partial charge on any atom is 0.251 e. The van der Waals surface area contributed by atoms with Crippen LogP contribution in [-0.2, 0) is 0 Å². The third-order valence-electron chi connectivity index (χ3n) is 5.68. The molecule has 0 spiro atoms. The number of ether oxygens (including phenoxy) is 1. The van der Waals surface area contributed by atoms with Crippen LogP contribution in [0.15, 0.2) is 48.5 Å². The number of aromatic nitrogens is 2. The first-order chi connectivity index (χ1) is 14.5. The largest absolute Gasteiger partial charge is 0.497 e. The van der Waals surface area contributed by atoms with Crippen molar-refractivity contribution in [1.29, 1.82) is 0 Å². The number of carbonyl (C=O) groups excluding carboxylic acids is 1. The van der Waals surface area contributed by atoms with Gasteiger partial charge in [0.1, 0.15) is 5.75 Å². The molecule has 6 nitrogen and oxygen atoms in total. The molecule has 4 rings (SSSR count). The molecule has 1 atom stereocenters. The van der Waals surface area contributed by atoms with Gasteiger partial charge in [-0.1, -0.05) is 17.7 Å². The van der Waals surface area contributed by atoms with E-state index in [2.05, 4.69) is 26.5 Å². The molecule has 1 aliphatic heterocycles. The number of benzene rings is 2. The summed E-state index contributed by atoms with van der Waals surface area (Å²) in [5.41, 5.74) is 4.88. The quantitative estimate of drug-likeness (QED) is 0.672. The lowest BCUT2D eigenvalue weighted by atomic mass is 10.0. The summed E-state index contributed by atoms with van der Waals surface area (Å²) >= 11 is 0. The van der Waals surface area contributed by atoms with Crippen molar-refractivity contribution in [2.24, 2.45) is 0 Å². The Morgan fingerprint density at radius 1 is 1.17 bits per heavy atom. The predicted octanol–water partition coefficient (Wildman–Crippen LogP) is 4.10. The van der Waals surface area contributed by atoms with Crippen molar-refractivity contribution < 1.29 is 9.53 Å². The van der Waals surface area contributed by atoms with Gasteiger partial charge in [0.2, 0.25) is 0 Å². The van der Waals surface area contributed by atoms with Crippen molar-refractivity contribution in [1.82, 2.24) is 15.5 Å². The zero-order chi connectivity index (χ0) is 21.1. The second kappa shape index (κ2) is 8.61. The average molecular weight is 405 g/mol. The van der Waals surface area contributed by atoms with Gasteiger partial charge < -0.3 is 15.0 Å². The Labute approximate surface area is 177 Å². The van der Waals surface area contributed by atoms with Crippen molar-refractivity contribution in [2.45, 2.75) is 32.7 Å². The molecule has 0 saturated carbocycles. The number of anilines is 1. The Hall–Kier alpha value is -3.28. The number of methoxy groups -OCH3 is 1. The molecule has 6 heteroatoms. The molecule has 1 saturated heterocycles. The first-order valence-corrected chi connectivity index (χ1v) is 10.4. The number of amides is 1. The number of nitrogens with one attached hydrogen (secondary N) is 2. The van der Waals surface area contributed by atoms with Crippen LogP contribution in [0.1, 0.15) is 34.3 Å². The number of rotatable bonds is 5. The van der Waals surface area contributed by atoms with Crippen molar-refractivity contribution >= 4 is 11.7 Å². The van der Waals surface area contributed by atoms with E-state index < -0.39 is 0 Å². The van der Waals surface area contributed by atoms with Crippen molar-refractivity contribution in [3.8, 4) is 17.0 Å². The molecule has 3 aromatic rings. The molecule has 2 heterocycles. The van der Waals surface area contributed by atoms with Crippen LogP contribution in [0, 0.1) is 13.8 Å². The highest BCUT2D eigenvalue weighted by Crippen LogP contribution is 2.26. The summed E-state index contributed by atoms with van der Waals surface area (Å²) in [4.78, 5) is 15.0. The zero-order valence-electron chi connectivity index (χ0n) is 17.7. The van der Waals surface area contributed by atoms with Crippen LogP contribution in [0.25, 0.3) is 11.3 Å². The van der Waals surface area contributed by atoms with Crippen LogP contribution >= 0.6 is 0 Å². The fourth-order valence-electron chi connectivity index (χ4n) is 3.94. The van der Waals surface area contributed by atoms with E-state index in [0.29, 0.717) is 0 Å². The summed E-state index contributed by atoms with van der Waals surface area (Å²) in [5.74, 6) is 1.74. The number of aromatic amines is 1. The van der Waals surface area contributed by atoms with Gasteiger partial charge in [-0.25, -0.2) is 0 Å². The molecule has 156 valence electrons. The number of piperidine rings is 1. The maximum absolute atomic E-state index is 12.8. The minimum Gasteiger partial charge on any atom is -0.497 e. The number of hydrogen-bond acceptors (Lipinski definition) is 4. The van der Waals surface area contributed by atoms with Crippen molar-refractivity contribution in [3.63, 3.8) is 0 Å². The Kier molecular flexibility index (Phi) is 5.74. The molecule has 30 heavy (non-hydrogen) atoms. The van der Waals surface area contributed by atoms with Gasteiger partial charge in [0.25, 0.3) is 5.91 Å². The van der Waals surface area contributed by atoms with Crippen LogP contribution < -0.4 is 15.0 Å². The van der Waals surface area contributed by atoms with Gasteiger partial charge in [-0.3, -0.25) is 9.89 Å². The molecule has 1 aromatic heterocycles. The van der Waals surface area contributed by atoms with E-state index in [1.807, 2.05) is 56.3 Å². The third-order valence-corrected chi connectivity index (χ3v) is 5.68. The van der Waals surface area contributed by atoms with Crippen molar-refractivity contribution in [2.75, 3.05) is 25.1 Å². The Balaban J connectivity index is 1.43. The molecule has 1 unspecified atom stereocenters. The standard InChI is InChI=1S/C24H28N4O2/c1-16-6-7-17(2)21(13-16)24(29)25-19-5-4-12-28(15-19)23-14-22(26-27-23)18-8-10-20(30-3)11-9-18/h6-11,13-14,19H,4-5,12,15H2,1-3H3,(H,25,29)(H,26,27). The van der Waals surface area contributed by atoms with Gasteiger partial charge in [0.05, 0.1) is 12.8 Å². The van der Waals surface area contributed by atoms with E-state index in [1.54, 1.807) is 7.11 Å². The van der Waals surface area contributed by atoms with Gasteiger partial charge in [0.15, 0.2) is 5.82 Å². The van der Waals surface area contributed by atoms with Crippen LogP contribution in [-0.4, -0.2) is 42.3 Å². The molecule has 0 aliphatic carbocycles. The minimum absolute atomic E-state index is 0.00370. The normalized spacial score (nSPS) is 16.4. The minimum atomic E-state index is 0.00370. The topological polar surface area (TPSA) is 70.2 Å². The number of aryl methyl sites for hydroxylation is 2. The Morgan fingerprint density at radius 2 is 1.97 bits per heavy atom. The van der Waals surface area contributed by atoms with E-state index in [1.165, 1.54) is 0 Å². The van der Waals surface area contributed by atoms with E-state index in [4.69, 9.17) is 4.74 Å². The molecule has 0 bridgehead atoms. The lowest BCUT2D eigenvalue weighted by molar-refractivity contribution is 0.0932. The Bertz CT molecular complexity index is 1030. The lowest BCUT2D eigenvalue weighted by Gasteiger charge is -2.33. The molecule has 2 N–H and O–H groups in total. The van der Waals surface area contributed by atoms with Crippen LogP contribution in [0.4, 0.5) is 5.82 Å². The summed E-state index contributed by atoms with van der Waals surface area (Å²) in [6, 6.07) is 16.1. The fourth-order valence-corrected chi connectivity index (χ4v) is 3.94. The fraction of sp³-hybridized carbons (Fsp3) is 0.333. The summed E-state index contributed by atoms with van der Waals surface area (Å²) in [5, 5.41) is 10.9. The smallest absolute Gasteiger partial charge is 0.251 e. The number of carbonyl (C=O) groups is 1. The number of hydrogen-bond donors (Lipinski definition) is 2. The molecule has 0 radical (unpaired) electrons. The summed E-state index contributed by atoms with van der Waals surface area (Å²) < 4.78 is 5.23. The van der Waals surface area contributed by atoms with E-state index >= 15 is 0 Å². The van der Waals surface area contributed by atoms with Gasteiger partial charge in [-0.15, -0.1) is 0 Å². The molecular formula is C24H28N4O2. The molecule has 1 aliphatic rings. The first-order valence-electron chi connectivity index (χ1n) is 10.4. The van der Waals surface area contributed by atoms with Gasteiger partial charge >= 0.3 is 0 Å². The van der Waals surface area contributed by atoms with E-state index in [9.17, 15) is 4.79 Å². The second-order valence-electron chi connectivity index (χ2n) is 7.95. The highest BCUT2D eigenvalue weighted by Gasteiger charge is 2.24. The molecule has 1 fully saturated rings. The summed E-state index contributed by atoms with van der Waals surface area (Å²) in [6.45, 7) is 5.68. The molecule has 1 amide bonds. The third kappa shape index (κ3) is 4.32. The van der Waals surface area contributed by atoms with E-state index in [-0.39, 0.29) is 11.9 Å². The van der Waals surface area contributed by atoms with Crippen LogP contribution in [0.2, 0.25) is 0 Å². The summed E-state index contributed by atoms with van der Waals surface area (Å²) in [6.07, 6.45) is 1.99. The summed E-state index contributed by atoms with van der Waals surface area (Å²) in [7, 11) is 1.66. The van der Waals surface area contributed by atoms with Gasteiger partial charge in [0, 0.05) is 30.8 Å². The number of H-pyrrole nitrogens is 1. The van der Waals surface area contributed by atoms with Crippen molar-refractivity contribution in [3.05, 3.63) is 65.2 Å². The predicted molar refractivity (Wildman–Crippen MR) is 119 cm³/mol. The molecule has 2 aromatic carbocycles. The van der Waals surface area contributed by atoms with Gasteiger partial charge in [-0.05, 0) is 68.1 Å². The number of nitrogens with zero attached hydrogens (tertiary/aromatic N) is 2. The van der Waals surface area contributed by atoms with Gasteiger partial charge in [-0.2, -0.15) is 5.10 Å². The molecular weight excluding hydrogens is 376 g/mol. The SMILES string of the molecule is COc1ccc(-c2cc(N3CCCC(NC(=O)c4cc(C)ccc4C)C3)n[nH]2)cc1. The highest BCUT2D eigenvalue weighted by atomic mass is 16.5. The second-order valence-corrected chi connectivity index (χ2v) is 7.95. The lowest BCUT2D eigenvalue weighted by Crippen LogP contribution is -2.48. The zero-order valence-corrected chi connectivity index (χ0v) is 17.7. The maximum atomic E-state index is 12.8. The monoisotopic (exact) mass is 404 g/mol. The highest BCUT2D eigenvalue weighted by molar-refractivity contribution is 5.96. The first kappa shape index (κ1) is 20.0. The average Bonchev–Trinajstić information content (AvgIpc) is 3.26.